The maximum absolute atomic E-state index is 5.82. The van der Waals surface area contributed by atoms with Crippen LogP contribution in [-0.2, 0) is 0 Å². The van der Waals surface area contributed by atoms with Crippen LogP contribution in [-0.4, -0.2) is 4.98 Å². The zero-order valence-corrected chi connectivity index (χ0v) is 8.55. The van der Waals surface area contributed by atoms with E-state index in [1.54, 1.807) is 6.08 Å². The third-order valence-corrected chi connectivity index (χ3v) is 2.22. The maximum Gasteiger partial charge on any atom is 0.0479 e. The molecule has 0 amide bonds. The van der Waals surface area contributed by atoms with Crippen molar-refractivity contribution in [1.82, 2.24) is 4.98 Å². The van der Waals surface area contributed by atoms with E-state index in [0.29, 0.717) is 0 Å². The molecule has 0 aliphatic rings. The van der Waals surface area contributed by atoms with Crippen LogP contribution in [0, 0.1) is 0 Å². The van der Waals surface area contributed by atoms with Crippen LogP contribution in [0.1, 0.15) is 11.6 Å². The molecule has 0 aliphatic carbocycles. The summed E-state index contributed by atoms with van der Waals surface area (Å²) in [7, 11) is 0. The Hall–Kier alpha value is -1.25. The Balaban J connectivity index is 0.000000980. The van der Waals surface area contributed by atoms with Gasteiger partial charge in [0.2, 0.25) is 0 Å². The van der Waals surface area contributed by atoms with Gasteiger partial charge in [-0.15, -0.1) is 19.0 Å². The van der Waals surface area contributed by atoms with Crippen LogP contribution in [0.3, 0.4) is 0 Å². The predicted molar refractivity (Wildman–Crippen MR) is 62.7 cm³/mol. The molecular weight excluding hydrogens is 196 g/mol. The summed E-state index contributed by atoms with van der Waals surface area (Å²) in [4.78, 5) is 3.15. The van der Waals surface area contributed by atoms with Crippen LogP contribution < -0.4 is 5.73 Å². The molecule has 0 bridgehead atoms. The lowest BCUT2D eigenvalue weighted by molar-refractivity contribution is 0.916. The highest BCUT2D eigenvalue weighted by molar-refractivity contribution is 5.85. The van der Waals surface area contributed by atoms with Gasteiger partial charge in [-0.1, -0.05) is 18.2 Å². The highest BCUT2D eigenvalue weighted by Crippen LogP contribution is 2.18. The van der Waals surface area contributed by atoms with Gasteiger partial charge in [0.25, 0.3) is 0 Å². The number of nitrogens with two attached hydrogens (primary N) is 1. The van der Waals surface area contributed by atoms with E-state index in [1.807, 2.05) is 18.3 Å². The molecule has 3 heteroatoms. The summed E-state index contributed by atoms with van der Waals surface area (Å²) >= 11 is 0. The van der Waals surface area contributed by atoms with Gasteiger partial charge in [-0.25, -0.2) is 0 Å². The summed E-state index contributed by atoms with van der Waals surface area (Å²) in [6.45, 7) is 3.67. The summed E-state index contributed by atoms with van der Waals surface area (Å²) in [5.74, 6) is 0. The Bertz CT molecular complexity index is 434. The summed E-state index contributed by atoms with van der Waals surface area (Å²) in [6, 6.07) is 8.11. The SMILES string of the molecule is C=C[C@@H](N)c1ccc2cc[nH]c2c1.Cl. The number of aromatic nitrogens is 1. The highest BCUT2D eigenvalue weighted by atomic mass is 35.5. The molecular formula is C11H13ClN2. The number of nitrogens with one attached hydrogen (secondary N) is 1. The first-order valence-corrected chi connectivity index (χ1v) is 4.26. The van der Waals surface area contributed by atoms with Crippen molar-refractivity contribution < 1.29 is 0 Å². The first-order chi connectivity index (χ1) is 6.31. The largest absolute Gasteiger partial charge is 0.361 e. The van der Waals surface area contributed by atoms with E-state index in [9.17, 15) is 0 Å². The highest BCUT2D eigenvalue weighted by Gasteiger charge is 2.01. The van der Waals surface area contributed by atoms with Gasteiger partial charge >= 0.3 is 0 Å². The molecule has 74 valence electrons. The van der Waals surface area contributed by atoms with Gasteiger partial charge in [0.1, 0.15) is 0 Å². The zero-order valence-electron chi connectivity index (χ0n) is 7.73. The van der Waals surface area contributed by atoms with E-state index in [1.165, 1.54) is 5.39 Å². The van der Waals surface area contributed by atoms with Crippen molar-refractivity contribution in [3.8, 4) is 0 Å². The fourth-order valence-electron chi connectivity index (χ4n) is 1.41. The van der Waals surface area contributed by atoms with Crippen LogP contribution in [0.5, 0.6) is 0 Å². The van der Waals surface area contributed by atoms with Gasteiger partial charge in [0.15, 0.2) is 0 Å². The number of rotatable bonds is 2. The lowest BCUT2D eigenvalue weighted by Crippen LogP contribution is -2.05. The van der Waals surface area contributed by atoms with Crippen LogP contribution in [0.2, 0.25) is 0 Å². The van der Waals surface area contributed by atoms with Gasteiger partial charge in [-0.2, -0.15) is 0 Å². The number of hydrogen-bond acceptors (Lipinski definition) is 1. The molecule has 2 aromatic rings. The first kappa shape index (κ1) is 10.8. The topological polar surface area (TPSA) is 41.8 Å². The molecule has 0 saturated carbocycles. The second-order valence-electron chi connectivity index (χ2n) is 3.09. The number of hydrogen-bond donors (Lipinski definition) is 2. The molecule has 3 N–H and O–H groups in total. The van der Waals surface area contributed by atoms with Crippen molar-refractivity contribution in [2.24, 2.45) is 5.73 Å². The van der Waals surface area contributed by atoms with E-state index in [2.05, 4.69) is 23.7 Å². The maximum atomic E-state index is 5.82. The Morgan fingerprint density at radius 3 is 2.86 bits per heavy atom. The van der Waals surface area contributed by atoms with Crippen LogP contribution >= 0.6 is 12.4 Å². The monoisotopic (exact) mass is 208 g/mol. The molecule has 1 aromatic carbocycles. The number of aromatic amines is 1. The third kappa shape index (κ3) is 1.81. The lowest BCUT2D eigenvalue weighted by Gasteiger charge is -2.05. The van der Waals surface area contributed by atoms with E-state index in [0.717, 1.165) is 11.1 Å². The second kappa shape index (κ2) is 4.31. The second-order valence-corrected chi connectivity index (χ2v) is 3.09. The van der Waals surface area contributed by atoms with Crippen molar-refractivity contribution in [3.63, 3.8) is 0 Å². The van der Waals surface area contributed by atoms with Crippen molar-refractivity contribution in [2.45, 2.75) is 6.04 Å². The molecule has 0 radical (unpaired) electrons. The molecule has 0 unspecified atom stereocenters. The molecule has 1 atom stereocenters. The Labute approximate surface area is 89.2 Å². The van der Waals surface area contributed by atoms with E-state index in [-0.39, 0.29) is 18.4 Å². The van der Waals surface area contributed by atoms with Crippen LogP contribution in [0.25, 0.3) is 10.9 Å². The molecule has 14 heavy (non-hydrogen) atoms. The average molecular weight is 209 g/mol. The van der Waals surface area contributed by atoms with Gasteiger partial charge in [-0.05, 0) is 23.1 Å². The number of fused-ring (bicyclic) bond motifs is 1. The summed E-state index contributed by atoms with van der Waals surface area (Å²) in [5, 5.41) is 1.21. The summed E-state index contributed by atoms with van der Waals surface area (Å²) in [5.41, 5.74) is 8.03. The standard InChI is InChI=1S/C11H12N2.ClH/c1-2-10(12)9-4-3-8-5-6-13-11(8)7-9;/h2-7,10,13H,1,12H2;1H/t10-;/m1./s1. The molecule has 1 aromatic heterocycles. The quantitative estimate of drug-likeness (QED) is 0.733. The Morgan fingerprint density at radius 1 is 1.36 bits per heavy atom. The molecule has 0 spiro atoms. The van der Waals surface area contributed by atoms with Crippen molar-refractivity contribution in [2.75, 3.05) is 0 Å². The number of halogens is 1. The smallest absolute Gasteiger partial charge is 0.0479 e. The predicted octanol–water partition coefficient (Wildman–Crippen LogP) is 2.78. The first-order valence-electron chi connectivity index (χ1n) is 4.26. The normalized spacial score (nSPS) is 12.1. The van der Waals surface area contributed by atoms with Gasteiger partial charge in [0.05, 0.1) is 0 Å². The van der Waals surface area contributed by atoms with Crippen molar-refractivity contribution in [3.05, 3.63) is 48.7 Å². The van der Waals surface area contributed by atoms with Crippen molar-refractivity contribution in [1.29, 1.82) is 0 Å². The number of H-pyrrole nitrogens is 1. The Kier molecular flexibility index (Phi) is 3.33. The summed E-state index contributed by atoms with van der Waals surface area (Å²) < 4.78 is 0. The fraction of sp³-hybridized carbons (Fsp3) is 0.0909. The lowest BCUT2D eigenvalue weighted by atomic mass is 10.1. The van der Waals surface area contributed by atoms with Crippen molar-refractivity contribution >= 4 is 23.3 Å². The molecule has 2 nitrogen and oxygen atoms in total. The van der Waals surface area contributed by atoms with E-state index in [4.69, 9.17) is 5.73 Å². The average Bonchev–Trinajstić information content (AvgIpc) is 2.63. The molecule has 0 saturated heterocycles. The molecule has 2 rings (SSSR count). The van der Waals surface area contributed by atoms with E-state index >= 15 is 0 Å². The minimum Gasteiger partial charge on any atom is -0.361 e. The minimum absolute atomic E-state index is 0. The van der Waals surface area contributed by atoms with Gasteiger partial charge < -0.3 is 10.7 Å². The molecule has 1 heterocycles. The van der Waals surface area contributed by atoms with Gasteiger partial charge in [-0.3, -0.25) is 0 Å². The third-order valence-electron chi connectivity index (χ3n) is 2.22. The minimum atomic E-state index is -0.0762. The van der Waals surface area contributed by atoms with E-state index < -0.39 is 0 Å². The molecule has 0 aliphatic heterocycles. The zero-order chi connectivity index (χ0) is 9.26. The Morgan fingerprint density at radius 2 is 2.14 bits per heavy atom. The van der Waals surface area contributed by atoms with Gasteiger partial charge in [0, 0.05) is 17.8 Å². The summed E-state index contributed by atoms with van der Waals surface area (Å²) in [6.07, 6.45) is 3.66. The number of benzene rings is 1. The van der Waals surface area contributed by atoms with Crippen LogP contribution in [0.15, 0.2) is 43.1 Å². The van der Waals surface area contributed by atoms with Crippen LogP contribution in [0.4, 0.5) is 0 Å². The molecule has 0 fully saturated rings. The fourth-order valence-corrected chi connectivity index (χ4v) is 1.41.